The summed E-state index contributed by atoms with van der Waals surface area (Å²) in [4.78, 5) is 13.5. The highest BCUT2D eigenvalue weighted by Gasteiger charge is 1.98. The van der Waals surface area contributed by atoms with Gasteiger partial charge in [0.15, 0.2) is 0 Å². The van der Waals surface area contributed by atoms with Crippen molar-refractivity contribution in [2.75, 3.05) is 0 Å². The van der Waals surface area contributed by atoms with E-state index < -0.39 is 0 Å². The van der Waals surface area contributed by atoms with Crippen LogP contribution in [0.2, 0.25) is 5.02 Å². The van der Waals surface area contributed by atoms with E-state index in [1.807, 2.05) is 0 Å². The zero-order chi connectivity index (χ0) is 10.7. The van der Waals surface area contributed by atoms with Gasteiger partial charge in [0.25, 0.3) is 0 Å². The molecule has 0 unspecified atom stereocenters. The van der Waals surface area contributed by atoms with E-state index in [9.17, 15) is 4.79 Å². The molecule has 0 aliphatic heterocycles. The van der Waals surface area contributed by atoms with Crippen LogP contribution in [0.25, 0.3) is 5.69 Å². The molecule has 2 aromatic rings. The van der Waals surface area contributed by atoms with Crippen LogP contribution < -0.4 is 0 Å². The van der Waals surface area contributed by atoms with Gasteiger partial charge in [-0.1, -0.05) is 11.6 Å². The summed E-state index contributed by atoms with van der Waals surface area (Å²) in [5, 5.41) is 4.61. The van der Waals surface area contributed by atoms with Crippen molar-refractivity contribution in [3.63, 3.8) is 0 Å². The lowest BCUT2D eigenvalue weighted by molar-refractivity contribution is 0.565. The molecule has 0 spiro atoms. The minimum Gasteiger partial charge on any atom is -0.239 e. The van der Waals surface area contributed by atoms with Crippen LogP contribution in [0, 0.1) is 0 Å². The molecule has 5 heteroatoms. The molecule has 0 atom stereocenters. The fourth-order valence-electron chi connectivity index (χ4n) is 1.17. The molecule has 0 fully saturated rings. The summed E-state index contributed by atoms with van der Waals surface area (Å²) in [5.41, 5.74) is 1.42. The zero-order valence-electron chi connectivity index (χ0n) is 7.59. The van der Waals surface area contributed by atoms with E-state index in [4.69, 9.17) is 11.6 Å². The van der Waals surface area contributed by atoms with Crippen LogP contribution >= 0.6 is 11.6 Å². The van der Waals surface area contributed by atoms with Crippen LogP contribution in [0.5, 0.6) is 0 Å². The SMILES string of the molecule is O=C=Nc1ccc(-n2cc(Cl)cn2)cc1. The standard InChI is InChI=1S/C10H6ClN3O/c11-8-5-13-14(6-8)10-3-1-9(2-4-10)12-7-15/h1-6H. The van der Waals surface area contributed by atoms with E-state index >= 15 is 0 Å². The summed E-state index contributed by atoms with van der Waals surface area (Å²) in [7, 11) is 0. The monoisotopic (exact) mass is 219 g/mol. The molecule has 1 aromatic heterocycles. The molecular formula is C10H6ClN3O. The molecule has 4 nitrogen and oxygen atoms in total. The Morgan fingerprint density at radius 1 is 1.33 bits per heavy atom. The summed E-state index contributed by atoms with van der Waals surface area (Å²) < 4.78 is 1.64. The molecule has 15 heavy (non-hydrogen) atoms. The van der Waals surface area contributed by atoms with E-state index in [2.05, 4.69) is 10.1 Å². The number of hydrogen-bond acceptors (Lipinski definition) is 3. The molecule has 0 N–H and O–H groups in total. The minimum atomic E-state index is 0.562. The van der Waals surface area contributed by atoms with E-state index in [0.29, 0.717) is 10.7 Å². The first-order chi connectivity index (χ1) is 7.29. The van der Waals surface area contributed by atoms with Gasteiger partial charge in [-0.2, -0.15) is 10.1 Å². The van der Waals surface area contributed by atoms with Crippen molar-refractivity contribution >= 4 is 23.4 Å². The van der Waals surface area contributed by atoms with Gasteiger partial charge < -0.3 is 0 Å². The molecule has 0 amide bonds. The number of isocyanates is 1. The first-order valence-corrected chi connectivity index (χ1v) is 4.56. The molecule has 1 heterocycles. The Morgan fingerprint density at radius 3 is 2.60 bits per heavy atom. The lowest BCUT2D eigenvalue weighted by Gasteiger charge is -1.99. The fourth-order valence-corrected chi connectivity index (χ4v) is 1.31. The normalized spacial score (nSPS) is 9.67. The first kappa shape index (κ1) is 9.65. The lowest BCUT2D eigenvalue weighted by Crippen LogP contribution is -1.92. The number of halogens is 1. The highest BCUT2D eigenvalue weighted by atomic mass is 35.5. The number of aliphatic imine (C=N–C) groups is 1. The van der Waals surface area contributed by atoms with Crippen molar-refractivity contribution in [1.82, 2.24) is 9.78 Å². The Labute approximate surface area is 90.8 Å². The first-order valence-electron chi connectivity index (χ1n) is 4.18. The maximum atomic E-state index is 10.0. The summed E-state index contributed by atoms with van der Waals surface area (Å²) in [6.07, 6.45) is 4.73. The number of rotatable bonds is 2. The number of nitrogens with zero attached hydrogens (tertiary/aromatic N) is 3. The Balaban J connectivity index is 2.35. The second-order valence-corrected chi connectivity index (χ2v) is 3.26. The van der Waals surface area contributed by atoms with Gasteiger partial charge >= 0.3 is 0 Å². The van der Waals surface area contributed by atoms with Crippen molar-refractivity contribution < 1.29 is 4.79 Å². The molecule has 0 radical (unpaired) electrons. The van der Waals surface area contributed by atoms with Crippen molar-refractivity contribution in [2.45, 2.75) is 0 Å². The molecule has 0 bridgehead atoms. The lowest BCUT2D eigenvalue weighted by atomic mass is 10.3. The topological polar surface area (TPSA) is 47.2 Å². The molecule has 0 aliphatic rings. The fraction of sp³-hybridized carbons (Fsp3) is 0. The second kappa shape index (κ2) is 4.09. The molecule has 0 saturated carbocycles. The Morgan fingerprint density at radius 2 is 2.07 bits per heavy atom. The van der Waals surface area contributed by atoms with E-state index in [1.54, 1.807) is 41.3 Å². The average molecular weight is 220 g/mol. The van der Waals surface area contributed by atoms with Crippen LogP contribution in [0.4, 0.5) is 5.69 Å². The van der Waals surface area contributed by atoms with E-state index in [0.717, 1.165) is 5.69 Å². The van der Waals surface area contributed by atoms with Crippen molar-refractivity contribution in [3.05, 3.63) is 41.7 Å². The van der Waals surface area contributed by atoms with Crippen molar-refractivity contribution in [1.29, 1.82) is 0 Å². The van der Waals surface area contributed by atoms with E-state index in [1.165, 1.54) is 6.08 Å². The largest absolute Gasteiger partial charge is 0.240 e. The maximum absolute atomic E-state index is 10.0. The van der Waals surface area contributed by atoms with E-state index in [-0.39, 0.29) is 0 Å². The minimum absolute atomic E-state index is 0.562. The third kappa shape index (κ3) is 2.13. The Hall–Kier alpha value is -1.90. The van der Waals surface area contributed by atoms with Crippen LogP contribution in [0.1, 0.15) is 0 Å². The Bertz CT molecular complexity index is 512. The van der Waals surface area contributed by atoms with Crippen molar-refractivity contribution in [3.8, 4) is 5.69 Å². The zero-order valence-corrected chi connectivity index (χ0v) is 8.35. The van der Waals surface area contributed by atoms with Crippen LogP contribution in [0.15, 0.2) is 41.7 Å². The summed E-state index contributed by atoms with van der Waals surface area (Å²) in [6.45, 7) is 0. The molecular weight excluding hydrogens is 214 g/mol. The van der Waals surface area contributed by atoms with Gasteiger partial charge in [-0.25, -0.2) is 9.48 Å². The third-order valence-corrected chi connectivity index (χ3v) is 2.04. The quantitative estimate of drug-likeness (QED) is 0.576. The summed E-state index contributed by atoms with van der Waals surface area (Å²) in [5.74, 6) is 0. The van der Waals surface area contributed by atoms with Gasteiger partial charge in [0.05, 0.1) is 22.6 Å². The molecule has 0 aliphatic carbocycles. The predicted octanol–water partition coefficient (Wildman–Crippen LogP) is 2.49. The van der Waals surface area contributed by atoms with Crippen LogP contribution in [-0.2, 0) is 4.79 Å². The molecule has 2 rings (SSSR count). The maximum Gasteiger partial charge on any atom is 0.240 e. The van der Waals surface area contributed by atoms with Gasteiger partial charge in [-0.15, -0.1) is 0 Å². The average Bonchev–Trinajstić information content (AvgIpc) is 2.67. The second-order valence-electron chi connectivity index (χ2n) is 2.82. The number of hydrogen-bond donors (Lipinski definition) is 0. The van der Waals surface area contributed by atoms with Crippen LogP contribution in [0.3, 0.4) is 0 Å². The van der Waals surface area contributed by atoms with Gasteiger partial charge in [0, 0.05) is 6.20 Å². The van der Waals surface area contributed by atoms with Crippen LogP contribution in [-0.4, -0.2) is 15.9 Å². The van der Waals surface area contributed by atoms with Gasteiger partial charge in [-0.3, -0.25) is 0 Å². The van der Waals surface area contributed by atoms with Gasteiger partial charge in [-0.05, 0) is 24.3 Å². The smallest absolute Gasteiger partial charge is 0.239 e. The molecule has 1 aromatic carbocycles. The predicted molar refractivity (Wildman–Crippen MR) is 56.4 cm³/mol. The summed E-state index contributed by atoms with van der Waals surface area (Å²) >= 11 is 5.74. The number of aromatic nitrogens is 2. The molecule has 74 valence electrons. The number of carbonyl (C=O) groups excluding carboxylic acids is 1. The highest BCUT2D eigenvalue weighted by Crippen LogP contribution is 2.16. The highest BCUT2D eigenvalue weighted by molar-refractivity contribution is 6.30. The molecule has 0 saturated heterocycles. The van der Waals surface area contributed by atoms with Gasteiger partial charge in [0.2, 0.25) is 6.08 Å². The Kier molecular flexibility index (Phi) is 2.63. The van der Waals surface area contributed by atoms with Gasteiger partial charge in [0.1, 0.15) is 0 Å². The third-order valence-electron chi connectivity index (χ3n) is 1.84. The number of benzene rings is 1. The summed E-state index contributed by atoms with van der Waals surface area (Å²) in [6, 6.07) is 6.99. The van der Waals surface area contributed by atoms with Crippen molar-refractivity contribution in [2.24, 2.45) is 4.99 Å².